The Balaban J connectivity index is 2.13. The van der Waals surface area contributed by atoms with Crippen LogP contribution in [0.5, 0.6) is 0 Å². The molecular weight excluding hydrogens is 397 g/mol. The second-order valence-corrected chi connectivity index (χ2v) is 7.87. The quantitative estimate of drug-likeness (QED) is 0.648. The molecule has 1 fully saturated rings. The third-order valence-corrected chi connectivity index (χ3v) is 5.39. The molecule has 0 aromatic heterocycles. The van der Waals surface area contributed by atoms with Crippen molar-refractivity contribution in [2.75, 3.05) is 0 Å². The van der Waals surface area contributed by atoms with Gasteiger partial charge in [-0.05, 0) is 24.0 Å². The van der Waals surface area contributed by atoms with E-state index in [9.17, 15) is 27.9 Å². The van der Waals surface area contributed by atoms with E-state index < -0.39 is 35.7 Å². The van der Waals surface area contributed by atoms with E-state index in [4.69, 9.17) is 0 Å². The zero-order chi connectivity index (χ0) is 22.3. The standard InChI is InChI=1S/C22H23F3N2O3/c1-12(2)14-8-10-15(11-9-14)18-17(19(28)16-6-4-13(3)5-7-16)21(30,22(23,24)25)27-20(29)26-18/h4-12,17-18,30H,1-3H3,(H2,26,27,29)/t17-,18-,21-/m1/s1. The number of aryl methyl sites for hydroxylation is 1. The lowest BCUT2D eigenvalue weighted by molar-refractivity contribution is -0.287. The third-order valence-electron chi connectivity index (χ3n) is 5.39. The summed E-state index contributed by atoms with van der Waals surface area (Å²) in [6.45, 7) is 5.71. The molecule has 0 unspecified atom stereocenters. The predicted octanol–water partition coefficient (Wildman–Crippen LogP) is 4.22. The van der Waals surface area contributed by atoms with E-state index >= 15 is 0 Å². The average Bonchev–Trinajstić information content (AvgIpc) is 2.66. The molecule has 0 radical (unpaired) electrons. The van der Waals surface area contributed by atoms with Gasteiger partial charge in [-0.1, -0.05) is 67.9 Å². The summed E-state index contributed by atoms with van der Waals surface area (Å²) in [4.78, 5) is 25.2. The molecule has 8 heteroatoms. The number of Topliss-reactive ketones (excluding diaryl/α,β-unsaturated/α-hetero) is 1. The molecule has 3 N–H and O–H groups in total. The van der Waals surface area contributed by atoms with Crippen molar-refractivity contribution in [3.05, 3.63) is 70.8 Å². The number of aliphatic hydroxyl groups is 1. The minimum absolute atomic E-state index is 0.00928. The third kappa shape index (κ3) is 3.92. The van der Waals surface area contributed by atoms with Crippen LogP contribution in [0.3, 0.4) is 0 Å². The van der Waals surface area contributed by atoms with Gasteiger partial charge >= 0.3 is 12.2 Å². The van der Waals surface area contributed by atoms with Crippen molar-refractivity contribution in [1.29, 1.82) is 0 Å². The van der Waals surface area contributed by atoms with Crippen molar-refractivity contribution in [1.82, 2.24) is 10.6 Å². The molecule has 3 rings (SSSR count). The van der Waals surface area contributed by atoms with Crippen molar-refractivity contribution in [3.63, 3.8) is 0 Å². The maximum atomic E-state index is 13.9. The van der Waals surface area contributed by atoms with Crippen LogP contribution in [0.1, 0.15) is 52.9 Å². The van der Waals surface area contributed by atoms with Crippen LogP contribution < -0.4 is 10.6 Å². The number of benzene rings is 2. The van der Waals surface area contributed by atoms with E-state index in [0.717, 1.165) is 11.1 Å². The first-order valence-corrected chi connectivity index (χ1v) is 9.52. The maximum Gasteiger partial charge on any atom is 0.437 e. The Kier molecular flexibility index (Phi) is 5.64. The molecule has 0 bridgehead atoms. The Labute approximate surface area is 172 Å². The van der Waals surface area contributed by atoms with Crippen molar-refractivity contribution >= 4 is 11.8 Å². The van der Waals surface area contributed by atoms with Gasteiger partial charge < -0.3 is 15.7 Å². The Bertz CT molecular complexity index is 940. The lowest BCUT2D eigenvalue weighted by Gasteiger charge is -2.45. The van der Waals surface area contributed by atoms with Crippen molar-refractivity contribution in [3.8, 4) is 0 Å². The Morgan fingerprint density at radius 1 is 1.07 bits per heavy atom. The number of hydrogen-bond donors (Lipinski definition) is 3. The monoisotopic (exact) mass is 420 g/mol. The summed E-state index contributed by atoms with van der Waals surface area (Å²) < 4.78 is 41.7. The van der Waals surface area contributed by atoms with Crippen LogP contribution in [0.25, 0.3) is 0 Å². The highest BCUT2D eigenvalue weighted by atomic mass is 19.4. The van der Waals surface area contributed by atoms with Crippen LogP contribution in [0.2, 0.25) is 0 Å². The van der Waals surface area contributed by atoms with E-state index in [0.29, 0.717) is 5.56 Å². The Morgan fingerprint density at radius 2 is 1.63 bits per heavy atom. The number of ketones is 1. The summed E-state index contributed by atoms with van der Waals surface area (Å²) >= 11 is 0. The molecule has 1 heterocycles. The van der Waals surface area contributed by atoms with Gasteiger partial charge in [-0.25, -0.2) is 4.79 Å². The van der Waals surface area contributed by atoms with E-state index in [1.54, 1.807) is 43.3 Å². The summed E-state index contributed by atoms with van der Waals surface area (Å²) in [5.41, 5.74) is -1.64. The Morgan fingerprint density at radius 3 is 2.13 bits per heavy atom. The highest BCUT2D eigenvalue weighted by Gasteiger charge is 2.66. The van der Waals surface area contributed by atoms with Crippen LogP contribution in [-0.2, 0) is 0 Å². The van der Waals surface area contributed by atoms with Crippen molar-refractivity contribution in [2.24, 2.45) is 5.92 Å². The molecule has 1 saturated heterocycles. The molecule has 1 aliphatic heterocycles. The zero-order valence-electron chi connectivity index (χ0n) is 16.7. The molecule has 2 aromatic rings. The number of carbonyl (C=O) groups excluding carboxylic acids is 2. The summed E-state index contributed by atoms with van der Waals surface area (Å²) in [5.74, 6) is -2.76. The topological polar surface area (TPSA) is 78.4 Å². The molecule has 3 atom stereocenters. The highest BCUT2D eigenvalue weighted by Crippen LogP contribution is 2.44. The zero-order valence-corrected chi connectivity index (χ0v) is 16.7. The maximum absolute atomic E-state index is 13.9. The number of carbonyl (C=O) groups is 2. The van der Waals surface area contributed by atoms with Gasteiger partial charge in [0, 0.05) is 5.56 Å². The van der Waals surface area contributed by atoms with Gasteiger partial charge in [0.25, 0.3) is 0 Å². The summed E-state index contributed by atoms with van der Waals surface area (Å²) in [7, 11) is 0. The van der Waals surface area contributed by atoms with Crippen LogP contribution in [0.4, 0.5) is 18.0 Å². The lowest BCUT2D eigenvalue weighted by atomic mass is 9.77. The van der Waals surface area contributed by atoms with Crippen LogP contribution in [0, 0.1) is 12.8 Å². The number of halogens is 3. The summed E-state index contributed by atoms with van der Waals surface area (Å²) in [6, 6.07) is 10.0. The van der Waals surface area contributed by atoms with E-state index in [2.05, 4.69) is 5.32 Å². The largest absolute Gasteiger partial charge is 0.437 e. The van der Waals surface area contributed by atoms with Crippen LogP contribution in [-0.4, -0.2) is 28.8 Å². The van der Waals surface area contributed by atoms with E-state index in [1.165, 1.54) is 17.4 Å². The second-order valence-electron chi connectivity index (χ2n) is 7.87. The van der Waals surface area contributed by atoms with Gasteiger partial charge in [-0.2, -0.15) is 13.2 Å². The molecular formula is C22H23F3N2O3. The highest BCUT2D eigenvalue weighted by molar-refractivity contribution is 6.00. The first-order valence-electron chi connectivity index (χ1n) is 9.52. The molecule has 0 saturated carbocycles. The van der Waals surface area contributed by atoms with Crippen molar-refractivity contribution < 1.29 is 27.9 Å². The van der Waals surface area contributed by atoms with Crippen LogP contribution >= 0.6 is 0 Å². The molecule has 2 aromatic carbocycles. The Hall–Kier alpha value is -2.87. The molecule has 0 aliphatic carbocycles. The molecule has 5 nitrogen and oxygen atoms in total. The summed E-state index contributed by atoms with van der Waals surface area (Å²) in [6.07, 6.45) is -5.27. The minimum Gasteiger partial charge on any atom is -0.363 e. The van der Waals surface area contributed by atoms with Crippen LogP contribution in [0.15, 0.2) is 48.5 Å². The molecule has 0 spiro atoms. The normalized spacial score (nSPS) is 24.3. The number of rotatable bonds is 4. The molecule has 2 amide bonds. The lowest BCUT2D eigenvalue weighted by Crippen LogP contribution is -2.72. The first-order chi connectivity index (χ1) is 13.9. The van der Waals surface area contributed by atoms with Gasteiger partial charge in [0.15, 0.2) is 5.78 Å². The fourth-order valence-electron chi connectivity index (χ4n) is 3.60. The number of nitrogens with one attached hydrogen (secondary N) is 2. The molecule has 160 valence electrons. The average molecular weight is 420 g/mol. The van der Waals surface area contributed by atoms with Crippen molar-refractivity contribution in [2.45, 2.75) is 44.6 Å². The first kappa shape index (κ1) is 21.8. The van der Waals surface area contributed by atoms with Gasteiger partial charge in [0.1, 0.15) is 5.92 Å². The van der Waals surface area contributed by atoms with Gasteiger partial charge in [0.05, 0.1) is 6.04 Å². The van der Waals surface area contributed by atoms with E-state index in [-0.39, 0.29) is 11.5 Å². The fourth-order valence-corrected chi connectivity index (χ4v) is 3.60. The summed E-state index contributed by atoms with van der Waals surface area (Å²) in [5, 5.41) is 14.5. The number of alkyl halides is 3. The smallest absolute Gasteiger partial charge is 0.363 e. The van der Waals surface area contributed by atoms with Gasteiger partial charge in [0.2, 0.25) is 5.72 Å². The fraction of sp³-hybridized carbons (Fsp3) is 0.364. The number of amides is 2. The number of urea groups is 1. The van der Waals surface area contributed by atoms with Gasteiger partial charge in [-0.15, -0.1) is 0 Å². The van der Waals surface area contributed by atoms with Gasteiger partial charge in [-0.3, -0.25) is 4.79 Å². The predicted molar refractivity (Wildman–Crippen MR) is 105 cm³/mol. The minimum atomic E-state index is -5.27. The second kappa shape index (κ2) is 7.75. The SMILES string of the molecule is Cc1ccc(C(=O)[C@H]2[C@@H](c3ccc(C(C)C)cc3)NC(=O)N[C@]2(O)C(F)(F)F)cc1. The molecule has 30 heavy (non-hydrogen) atoms. The number of hydrogen-bond acceptors (Lipinski definition) is 3. The van der Waals surface area contributed by atoms with E-state index in [1.807, 2.05) is 13.8 Å². The molecule has 1 aliphatic rings.